The molecule has 2 aliphatic rings. The summed E-state index contributed by atoms with van der Waals surface area (Å²) >= 11 is 1.85. The number of likely N-dealkylation sites (tertiary alicyclic amines) is 1. The minimum atomic E-state index is -0.253. The monoisotopic (exact) mass is 344 g/mol. The molecule has 0 aliphatic carbocycles. The van der Waals surface area contributed by atoms with E-state index in [-0.39, 0.29) is 12.1 Å². The Labute approximate surface area is 147 Å². The highest BCUT2D eigenvalue weighted by Gasteiger charge is 2.36. The molecular weight excluding hydrogens is 320 g/mol. The molecule has 2 atom stereocenters. The first kappa shape index (κ1) is 16.2. The van der Waals surface area contributed by atoms with E-state index in [1.54, 1.807) is 0 Å². The number of morpholine rings is 1. The number of nitrogens with zero attached hydrogens (tertiary/aromatic N) is 2. The molecule has 2 saturated heterocycles. The fourth-order valence-corrected chi connectivity index (χ4v) is 4.74. The molecule has 4 rings (SSSR count). The summed E-state index contributed by atoms with van der Waals surface area (Å²) in [6.45, 7) is 6.08. The van der Waals surface area contributed by atoms with Crippen molar-refractivity contribution in [2.45, 2.75) is 18.7 Å². The second kappa shape index (κ2) is 7.33. The molecule has 1 N–H and O–H groups in total. The number of β-amino-alcohol motifs (C(OH)–C–C–N with tert-alkyl or cyclic N) is 1. The highest BCUT2D eigenvalue weighted by Crippen LogP contribution is 2.29. The summed E-state index contributed by atoms with van der Waals surface area (Å²) in [5.74, 6) is 0. The molecule has 4 nitrogen and oxygen atoms in total. The highest BCUT2D eigenvalue weighted by molar-refractivity contribution is 7.15. The van der Waals surface area contributed by atoms with Gasteiger partial charge in [0.1, 0.15) is 0 Å². The van der Waals surface area contributed by atoms with Gasteiger partial charge in [-0.05, 0) is 17.7 Å². The number of rotatable bonds is 4. The zero-order chi connectivity index (χ0) is 16.4. The Kier molecular flexibility index (Phi) is 4.96. The van der Waals surface area contributed by atoms with Gasteiger partial charge >= 0.3 is 0 Å². The number of benzene rings is 1. The highest BCUT2D eigenvalue weighted by atomic mass is 32.1. The van der Waals surface area contributed by atoms with E-state index in [1.807, 2.05) is 11.3 Å². The predicted molar refractivity (Wildman–Crippen MR) is 97.2 cm³/mol. The van der Waals surface area contributed by atoms with Crippen LogP contribution in [0.1, 0.15) is 4.88 Å². The second-order valence-corrected chi connectivity index (χ2v) is 7.78. The van der Waals surface area contributed by atoms with Gasteiger partial charge in [0, 0.05) is 48.5 Å². The van der Waals surface area contributed by atoms with Crippen LogP contribution < -0.4 is 0 Å². The maximum Gasteiger partial charge on any atom is 0.0834 e. The van der Waals surface area contributed by atoms with Gasteiger partial charge in [0.2, 0.25) is 0 Å². The van der Waals surface area contributed by atoms with Gasteiger partial charge in [-0.25, -0.2) is 0 Å². The van der Waals surface area contributed by atoms with Gasteiger partial charge in [-0.2, -0.15) is 0 Å². The van der Waals surface area contributed by atoms with E-state index >= 15 is 0 Å². The number of thiophene rings is 1. The summed E-state index contributed by atoms with van der Waals surface area (Å²) in [5.41, 5.74) is 1.28. The molecule has 0 spiro atoms. The average Bonchev–Trinajstić information content (AvgIpc) is 3.23. The van der Waals surface area contributed by atoms with Crippen molar-refractivity contribution in [3.8, 4) is 10.4 Å². The number of hydrogen-bond acceptors (Lipinski definition) is 5. The summed E-state index contributed by atoms with van der Waals surface area (Å²) < 4.78 is 5.43. The van der Waals surface area contributed by atoms with Crippen LogP contribution in [-0.2, 0) is 11.3 Å². The van der Waals surface area contributed by atoms with E-state index in [9.17, 15) is 5.11 Å². The van der Waals surface area contributed by atoms with Crippen molar-refractivity contribution in [3.63, 3.8) is 0 Å². The Morgan fingerprint density at radius 2 is 1.83 bits per heavy atom. The van der Waals surface area contributed by atoms with Crippen LogP contribution in [-0.4, -0.2) is 66.4 Å². The van der Waals surface area contributed by atoms with Crippen molar-refractivity contribution in [2.75, 3.05) is 39.4 Å². The van der Waals surface area contributed by atoms with Gasteiger partial charge in [-0.15, -0.1) is 11.3 Å². The lowest BCUT2D eigenvalue weighted by molar-refractivity contribution is -0.00617. The summed E-state index contributed by atoms with van der Waals surface area (Å²) in [7, 11) is 0. The zero-order valence-electron chi connectivity index (χ0n) is 13.8. The molecular formula is C19H24N2O2S. The summed E-state index contributed by atoms with van der Waals surface area (Å²) in [4.78, 5) is 7.45. The zero-order valence-corrected chi connectivity index (χ0v) is 14.6. The lowest BCUT2D eigenvalue weighted by Gasteiger charge is -2.33. The number of hydrogen-bond donors (Lipinski definition) is 1. The van der Waals surface area contributed by atoms with Gasteiger partial charge in [0.05, 0.1) is 19.3 Å². The number of aliphatic hydroxyl groups is 1. The Bertz CT molecular complexity index is 654. The third kappa shape index (κ3) is 3.55. The molecule has 2 fully saturated rings. The van der Waals surface area contributed by atoms with Crippen LogP contribution in [0.3, 0.4) is 0 Å². The molecule has 24 heavy (non-hydrogen) atoms. The van der Waals surface area contributed by atoms with Crippen LogP contribution in [0.2, 0.25) is 0 Å². The number of aliphatic hydroxyl groups excluding tert-OH is 1. The summed E-state index contributed by atoms with van der Waals surface area (Å²) in [5, 5.41) is 10.5. The molecule has 1 aromatic carbocycles. The maximum absolute atomic E-state index is 10.5. The topological polar surface area (TPSA) is 35.9 Å². The molecule has 3 heterocycles. The fraction of sp³-hybridized carbons (Fsp3) is 0.474. The Morgan fingerprint density at radius 1 is 1.04 bits per heavy atom. The van der Waals surface area contributed by atoms with Gasteiger partial charge in [0.25, 0.3) is 0 Å². The molecule has 0 amide bonds. The minimum absolute atomic E-state index is 0.252. The van der Waals surface area contributed by atoms with Crippen molar-refractivity contribution in [3.05, 3.63) is 47.3 Å². The SMILES string of the molecule is O[C@H]1CN(Cc2ccc(-c3ccccc3)s2)C[C@@H]1N1CCOCC1. The molecule has 0 bridgehead atoms. The first-order chi connectivity index (χ1) is 11.8. The van der Waals surface area contributed by atoms with Crippen molar-refractivity contribution < 1.29 is 9.84 Å². The van der Waals surface area contributed by atoms with E-state index in [2.05, 4.69) is 52.3 Å². The molecule has 0 saturated carbocycles. The molecule has 5 heteroatoms. The van der Waals surface area contributed by atoms with Crippen molar-refractivity contribution in [1.29, 1.82) is 0 Å². The van der Waals surface area contributed by atoms with Gasteiger partial charge in [0.15, 0.2) is 0 Å². The molecule has 2 aromatic rings. The van der Waals surface area contributed by atoms with Crippen LogP contribution in [0.5, 0.6) is 0 Å². The van der Waals surface area contributed by atoms with Crippen LogP contribution in [0.4, 0.5) is 0 Å². The molecule has 0 radical (unpaired) electrons. The first-order valence-corrected chi connectivity index (χ1v) is 9.47. The Hall–Kier alpha value is -1.24. The van der Waals surface area contributed by atoms with E-state index in [0.717, 1.165) is 45.9 Å². The average molecular weight is 344 g/mol. The predicted octanol–water partition coefficient (Wildman–Crippen LogP) is 2.29. The third-order valence-electron chi connectivity index (χ3n) is 4.95. The molecule has 1 aromatic heterocycles. The van der Waals surface area contributed by atoms with Crippen LogP contribution in [0.15, 0.2) is 42.5 Å². The van der Waals surface area contributed by atoms with E-state index < -0.39 is 0 Å². The molecule has 0 unspecified atom stereocenters. The van der Waals surface area contributed by atoms with E-state index in [1.165, 1.54) is 15.3 Å². The smallest absolute Gasteiger partial charge is 0.0834 e. The lowest BCUT2D eigenvalue weighted by Crippen LogP contribution is -2.48. The largest absolute Gasteiger partial charge is 0.390 e. The lowest BCUT2D eigenvalue weighted by atomic mass is 10.2. The van der Waals surface area contributed by atoms with Crippen LogP contribution in [0.25, 0.3) is 10.4 Å². The summed E-state index contributed by atoms with van der Waals surface area (Å²) in [6, 6.07) is 15.2. The van der Waals surface area contributed by atoms with Crippen molar-refractivity contribution in [2.24, 2.45) is 0 Å². The van der Waals surface area contributed by atoms with E-state index in [0.29, 0.717) is 0 Å². The second-order valence-electron chi connectivity index (χ2n) is 6.61. The molecule has 2 aliphatic heterocycles. The Morgan fingerprint density at radius 3 is 2.62 bits per heavy atom. The van der Waals surface area contributed by atoms with Crippen molar-refractivity contribution >= 4 is 11.3 Å². The van der Waals surface area contributed by atoms with Gasteiger partial charge in [-0.3, -0.25) is 9.80 Å². The quantitative estimate of drug-likeness (QED) is 0.923. The molecule has 128 valence electrons. The standard InChI is InChI=1S/C19H24N2O2S/c22-18-14-20(13-17(18)21-8-10-23-11-9-21)12-16-6-7-19(24-16)15-4-2-1-3-5-15/h1-7,17-18,22H,8-14H2/t17-,18-/m0/s1. The maximum atomic E-state index is 10.5. The van der Waals surface area contributed by atoms with Gasteiger partial charge < -0.3 is 9.84 Å². The third-order valence-corrected chi connectivity index (χ3v) is 6.07. The van der Waals surface area contributed by atoms with Gasteiger partial charge in [-0.1, -0.05) is 30.3 Å². The van der Waals surface area contributed by atoms with Crippen LogP contribution in [0, 0.1) is 0 Å². The fourth-order valence-electron chi connectivity index (χ4n) is 3.68. The Balaban J connectivity index is 1.38. The first-order valence-electron chi connectivity index (χ1n) is 8.66. The normalized spacial score (nSPS) is 26.0. The number of ether oxygens (including phenoxy) is 1. The minimum Gasteiger partial charge on any atom is -0.390 e. The van der Waals surface area contributed by atoms with Crippen LogP contribution >= 0.6 is 11.3 Å². The van der Waals surface area contributed by atoms with Crippen molar-refractivity contribution in [1.82, 2.24) is 9.80 Å². The van der Waals surface area contributed by atoms with E-state index in [4.69, 9.17) is 4.74 Å². The summed E-state index contributed by atoms with van der Waals surface area (Å²) in [6.07, 6.45) is -0.253.